The van der Waals surface area contributed by atoms with Crippen LogP contribution in [0, 0.1) is 0 Å². The minimum atomic E-state index is -0.147. The summed E-state index contributed by atoms with van der Waals surface area (Å²) < 4.78 is 0. The lowest BCUT2D eigenvalue weighted by molar-refractivity contribution is 0.0650. The van der Waals surface area contributed by atoms with Crippen molar-refractivity contribution < 1.29 is 9.59 Å². The number of hydrogen-bond acceptors (Lipinski definition) is 5. The summed E-state index contributed by atoms with van der Waals surface area (Å²) in [7, 11) is 2.14. The fourth-order valence-corrected chi connectivity index (χ4v) is 5.45. The fraction of sp³-hybridized carbons (Fsp3) is 0.440. The number of carbonyl (C=O) groups excluding carboxylic acids is 2. The Hall–Kier alpha value is -2.31. The van der Waals surface area contributed by atoms with Crippen LogP contribution in [0.5, 0.6) is 0 Å². The molecule has 164 valence electrons. The Balaban J connectivity index is 1.24. The lowest BCUT2D eigenvalue weighted by Gasteiger charge is -2.22. The molecule has 2 aromatic rings. The zero-order chi connectivity index (χ0) is 21.8. The Morgan fingerprint density at radius 1 is 0.968 bits per heavy atom. The molecule has 0 radical (unpaired) electrons. The first-order valence-electron chi connectivity index (χ1n) is 11.2. The Labute approximate surface area is 189 Å². The molecule has 2 heterocycles. The van der Waals surface area contributed by atoms with Gasteiger partial charge in [-0.15, -0.1) is 11.8 Å². The molecule has 31 heavy (non-hydrogen) atoms. The van der Waals surface area contributed by atoms with Gasteiger partial charge >= 0.3 is 0 Å². The molecule has 5 nitrogen and oxygen atoms in total. The van der Waals surface area contributed by atoms with Crippen molar-refractivity contribution in [3.05, 3.63) is 59.2 Å². The second kappa shape index (κ2) is 9.88. The van der Waals surface area contributed by atoms with Crippen molar-refractivity contribution in [3.63, 3.8) is 0 Å². The van der Waals surface area contributed by atoms with Gasteiger partial charge in [0.15, 0.2) is 0 Å². The number of carbonyl (C=O) groups is 2. The van der Waals surface area contributed by atoms with Crippen LogP contribution in [0.1, 0.15) is 52.5 Å². The highest BCUT2D eigenvalue weighted by molar-refractivity contribution is 7.99. The third-order valence-corrected chi connectivity index (χ3v) is 7.24. The first-order chi connectivity index (χ1) is 15.1. The molecule has 0 atom stereocenters. The van der Waals surface area contributed by atoms with Gasteiger partial charge in [0.25, 0.3) is 11.8 Å². The molecule has 0 saturated carbocycles. The molecule has 0 fully saturated rings. The number of amides is 2. The molecule has 0 unspecified atom stereocenters. The average molecular weight is 438 g/mol. The topological polar surface area (TPSA) is 43.9 Å². The van der Waals surface area contributed by atoms with E-state index in [1.165, 1.54) is 21.0 Å². The van der Waals surface area contributed by atoms with Crippen LogP contribution in [-0.2, 0) is 6.42 Å². The summed E-state index contributed by atoms with van der Waals surface area (Å²) in [6.45, 7) is 5.84. The smallest absolute Gasteiger partial charge is 0.261 e. The second-order valence-corrected chi connectivity index (χ2v) is 9.37. The maximum absolute atomic E-state index is 12.5. The molecule has 0 aromatic heterocycles. The summed E-state index contributed by atoms with van der Waals surface area (Å²) >= 11 is 1.91. The van der Waals surface area contributed by atoms with E-state index in [-0.39, 0.29) is 11.8 Å². The molecule has 0 bridgehead atoms. The monoisotopic (exact) mass is 437 g/mol. The SMILES string of the molecule is CCCN(CCCCN1C(=O)c2ccccc2C1=O)CCc1ccc2c(c1)SCN2C. The van der Waals surface area contributed by atoms with Crippen LogP contribution in [0.4, 0.5) is 5.69 Å². The van der Waals surface area contributed by atoms with Crippen LogP contribution in [0.2, 0.25) is 0 Å². The number of benzene rings is 2. The molecular formula is C25H31N3O2S. The van der Waals surface area contributed by atoms with E-state index in [0.717, 1.165) is 51.2 Å². The van der Waals surface area contributed by atoms with Crippen molar-refractivity contribution in [2.24, 2.45) is 0 Å². The van der Waals surface area contributed by atoms with Crippen molar-refractivity contribution in [3.8, 4) is 0 Å². The highest BCUT2D eigenvalue weighted by atomic mass is 32.2. The van der Waals surface area contributed by atoms with Gasteiger partial charge in [-0.25, -0.2) is 0 Å². The lowest BCUT2D eigenvalue weighted by Crippen LogP contribution is -2.32. The van der Waals surface area contributed by atoms with Gasteiger partial charge in [-0.05, 0) is 68.6 Å². The maximum atomic E-state index is 12.5. The van der Waals surface area contributed by atoms with Gasteiger partial charge < -0.3 is 9.80 Å². The Kier molecular flexibility index (Phi) is 6.98. The van der Waals surface area contributed by atoms with Gasteiger partial charge in [-0.2, -0.15) is 0 Å². The highest BCUT2D eigenvalue weighted by Gasteiger charge is 2.34. The first kappa shape index (κ1) is 21.9. The third-order valence-electron chi connectivity index (χ3n) is 6.09. The average Bonchev–Trinajstić information content (AvgIpc) is 3.27. The summed E-state index contributed by atoms with van der Waals surface area (Å²) in [6.07, 6.45) is 4.00. The van der Waals surface area contributed by atoms with Gasteiger partial charge in [0.1, 0.15) is 0 Å². The molecular weight excluding hydrogens is 406 g/mol. The van der Waals surface area contributed by atoms with E-state index >= 15 is 0 Å². The molecule has 0 aliphatic carbocycles. The molecule has 4 rings (SSSR count). The summed E-state index contributed by atoms with van der Waals surface area (Å²) in [5.41, 5.74) is 3.82. The second-order valence-electron chi connectivity index (χ2n) is 8.38. The molecule has 2 amide bonds. The van der Waals surface area contributed by atoms with E-state index in [4.69, 9.17) is 0 Å². The predicted octanol–water partition coefficient (Wildman–Crippen LogP) is 4.52. The number of imide groups is 1. The highest BCUT2D eigenvalue weighted by Crippen LogP contribution is 2.37. The number of rotatable bonds is 10. The summed E-state index contributed by atoms with van der Waals surface area (Å²) in [5.74, 6) is 0.741. The summed E-state index contributed by atoms with van der Waals surface area (Å²) in [6, 6.07) is 14.0. The molecule has 2 aliphatic heterocycles. The van der Waals surface area contributed by atoms with Crippen LogP contribution in [0.3, 0.4) is 0 Å². The minimum absolute atomic E-state index is 0.147. The third kappa shape index (κ3) is 4.80. The Bertz CT molecular complexity index is 927. The quantitative estimate of drug-likeness (QED) is 0.404. The first-order valence-corrected chi connectivity index (χ1v) is 12.2. The zero-order valence-corrected chi connectivity index (χ0v) is 19.3. The molecule has 0 N–H and O–H groups in total. The fourth-order valence-electron chi connectivity index (χ4n) is 4.37. The minimum Gasteiger partial charge on any atom is -0.364 e. The van der Waals surface area contributed by atoms with Crippen LogP contribution >= 0.6 is 11.8 Å². The maximum Gasteiger partial charge on any atom is 0.261 e. The van der Waals surface area contributed by atoms with Crippen LogP contribution in [0.15, 0.2) is 47.4 Å². The van der Waals surface area contributed by atoms with E-state index in [1.807, 2.05) is 23.9 Å². The molecule has 2 aliphatic rings. The molecule has 6 heteroatoms. The van der Waals surface area contributed by atoms with Crippen molar-refractivity contribution >= 4 is 29.3 Å². The molecule has 0 spiro atoms. The largest absolute Gasteiger partial charge is 0.364 e. The van der Waals surface area contributed by atoms with E-state index in [1.54, 1.807) is 12.1 Å². The van der Waals surface area contributed by atoms with Crippen molar-refractivity contribution in [2.45, 2.75) is 37.5 Å². The number of hydrogen-bond donors (Lipinski definition) is 0. The Morgan fingerprint density at radius 2 is 1.71 bits per heavy atom. The van der Waals surface area contributed by atoms with Gasteiger partial charge in [0.05, 0.1) is 22.7 Å². The zero-order valence-electron chi connectivity index (χ0n) is 18.5. The molecule has 0 saturated heterocycles. The number of thioether (sulfide) groups is 1. The lowest BCUT2D eigenvalue weighted by atomic mass is 10.1. The molecule has 2 aromatic carbocycles. The van der Waals surface area contributed by atoms with Gasteiger partial charge in [0, 0.05) is 25.0 Å². The Morgan fingerprint density at radius 3 is 2.42 bits per heavy atom. The number of nitrogens with zero attached hydrogens (tertiary/aromatic N) is 3. The van der Waals surface area contributed by atoms with Crippen molar-refractivity contribution in [2.75, 3.05) is 44.0 Å². The van der Waals surface area contributed by atoms with Crippen LogP contribution < -0.4 is 4.90 Å². The van der Waals surface area contributed by atoms with Crippen LogP contribution in [-0.4, -0.2) is 60.7 Å². The predicted molar refractivity (Wildman–Crippen MR) is 127 cm³/mol. The standard InChI is InChI=1S/C25H31N3O2S/c1-3-13-27(16-12-19-10-11-22-23(17-19)31-18-26(22)2)14-6-7-15-28-24(29)20-8-4-5-9-21(20)25(28)30/h4-5,8-11,17H,3,6-7,12-16,18H2,1-2H3. The van der Waals surface area contributed by atoms with Crippen molar-refractivity contribution in [1.82, 2.24) is 9.80 Å². The van der Waals surface area contributed by atoms with E-state index in [2.05, 4.69) is 42.0 Å². The number of unbranched alkanes of at least 4 members (excludes halogenated alkanes) is 1. The summed E-state index contributed by atoms with van der Waals surface area (Å²) in [5, 5.41) is 0. The van der Waals surface area contributed by atoms with E-state index in [9.17, 15) is 9.59 Å². The van der Waals surface area contributed by atoms with Crippen LogP contribution in [0.25, 0.3) is 0 Å². The van der Waals surface area contributed by atoms with Gasteiger partial charge in [-0.1, -0.05) is 25.1 Å². The number of anilines is 1. The van der Waals surface area contributed by atoms with Gasteiger partial charge in [0.2, 0.25) is 0 Å². The number of fused-ring (bicyclic) bond motifs is 2. The van der Waals surface area contributed by atoms with Crippen molar-refractivity contribution in [1.29, 1.82) is 0 Å². The van der Waals surface area contributed by atoms with E-state index < -0.39 is 0 Å². The van der Waals surface area contributed by atoms with E-state index in [0.29, 0.717) is 17.7 Å². The normalized spacial score (nSPS) is 15.2. The van der Waals surface area contributed by atoms with Gasteiger partial charge in [-0.3, -0.25) is 14.5 Å². The summed E-state index contributed by atoms with van der Waals surface area (Å²) in [4.78, 5) is 32.6.